The van der Waals surface area contributed by atoms with Crippen LogP contribution in [-0.4, -0.2) is 40.2 Å². The highest BCUT2D eigenvalue weighted by atomic mass is 32.2. The van der Waals surface area contributed by atoms with Gasteiger partial charge in [0.1, 0.15) is 5.82 Å². The van der Waals surface area contributed by atoms with Crippen LogP contribution in [0.25, 0.3) is 0 Å². The molecule has 5 nitrogen and oxygen atoms in total. The Kier molecular flexibility index (Phi) is 2.94. The third-order valence-corrected chi connectivity index (χ3v) is 6.30. The molecule has 1 N–H and O–H groups in total. The summed E-state index contributed by atoms with van der Waals surface area (Å²) in [5.74, 6) is 1.19. The van der Waals surface area contributed by atoms with E-state index in [0.29, 0.717) is 18.6 Å². The van der Waals surface area contributed by atoms with E-state index in [0.717, 1.165) is 37.3 Å². The Labute approximate surface area is 107 Å². The van der Waals surface area contributed by atoms with E-state index in [1.807, 2.05) is 0 Å². The first kappa shape index (κ1) is 12.2. The lowest BCUT2D eigenvalue weighted by atomic mass is 10.1. The van der Waals surface area contributed by atoms with Gasteiger partial charge in [-0.25, -0.2) is 13.4 Å². The lowest BCUT2D eigenvalue weighted by Crippen LogP contribution is -2.26. The second kappa shape index (κ2) is 4.35. The van der Waals surface area contributed by atoms with E-state index >= 15 is 0 Å². The minimum absolute atomic E-state index is 0.254. The fraction of sp³-hybridized carbons (Fsp3) is 0.750. The molecular weight excluding hydrogens is 252 g/mol. The summed E-state index contributed by atoms with van der Waals surface area (Å²) >= 11 is 0. The third-order valence-electron chi connectivity index (χ3n) is 4.02. The molecular formula is C12H18N2O3S. The molecule has 0 amide bonds. The van der Waals surface area contributed by atoms with Crippen molar-refractivity contribution in [1.82, 2.24) is 9.55 Å². The van der Waals surface area contributed by atoms with Crippen molar-refractivity contribution in [3.05, 3.63) is 17.7 Å². The van der Waals surface area contributed by atoms with Gasteiger partial charge in [-0.1, -0.05) is 0 Å². The summed E-state index contributed by atoms with van der Waals surface area (Å²) in [6, 6.07) is 0. The van der Waals surface area contributed by atoms with Gasteiger partial charge in [0.25, 0.3) is 0 Å². The van der Waals surface area contributed by atoms with Crippen LogP contribution in [0.2, 0.25) is 0 Å². The Bertz CT molecular complexity index is 550. The zero-order valence-corrected chi connectivity index (χ0v) is 11.1. The SMILES string of the molecule is O=S1(=O)CCCC1Cc1ncc2n1CCC(O)C2. The number of hydrogen-bond acceptors (Lipinski definition) is 4. The number of rotatable bonds is 2. The summed E-state index contributed by atoms with van der Waals surface area (Å²) in [7, 11) is -2.90. The summed E-state index contributed by atoms with van der Waals surface area (Å²) in [6.07, 6.45) is 4.92. The maximum Gasteiger partial charge on any atom is 0.153 e. The molecule has 3 rings (SSSR count). The predicted octanol–water partition coefficient (Wildman–Crippen LogP) is 0.310. The Morgan fingerprint density at radius 2 is 2.28 bits per heavy atom. The fourth-order valence-electron chi connectivity index (χ4n) is 2.97. The minimum Gasteiger partial charge on any atom is -0.393 e. The summed E-state index contributed by atoms with van der Waals surface area (Å²) in [5.41, 5.74) is 1.03. The summed E-state index contributed by atoms with van der Waals surface area (Å²) < 4.78 is 25.7. The van der Waals surface area contributed by atoms with E-state index in [-0.39, 0.29) is 11.4 Å². The van der Waals surface area contributed by atoms with E-state index < -0.39 is 9.84 Å². The molecule has 2 aliphatic heterocycles. The van der Waals surface area contributed by atoms with Crippen LogP contribution in [0.15, 0.2) is 6.20 Å². The molecule has 6 heteroatoms. The molecule has 1 saturated heterocycles. The van der Waals surface area contributed by atoms with E-state index in [2.05, 4.69) is 9.55 Å². The van der Waals surface area contributed by atoms with E-state index in [1.165, 1.54) is 0 Å². The van der Waals surface area contributed by atoms with Crippen molar-refractivity contribution in [2.24, 2.45) is 0 Å². The van der Waals surface area contributed by atoms with Gasteiger partial charge in [0.15, 0.2) is 9.84 Å². The van der Waals surface area contributed by atoms with Crippen molar-refractivity contribution >= 4 is 9.84 Å². The van der Waals surface area contributed by atoms with Gasteiger partial charge in [-0.05, 0) is 19.3 Å². The van der Waals surface area contributed by atoms with Crippen molar-refractivity contribution in [1.29, 1.82) is 0 Å². The zero-order chi connectivity index (χ0) is 12.8. The van der Waals surface area contributed by atoms with Crippen LogP contribution < -0.4 is 0 Å². The summed E-state index contributed by atoms with van der Waals surface area (Å²) in [5, 5.41) is 9.34. The molecule has 0 spiro atoms. The van der Waals surface area contributed by atoms with Gasteiger partial charge in [0.05, 0.1) is 17.1 Å². The molecule has 0 aliphatic carbocycles. The topological polar surface area (TPSA) is 72.2 Å². The highest BCUT2D eigenvalue weighted by Gasteiger charge is 2.33. The second-order valence-corrected chi connectivity index (χ2v) is 7.70. The fourth-order valence-corrected chi connectivity index (χ4v) is 4.80. The van der Waals surface area contributed by atoms with Gasteiger partial charge in [-0.15, -0.1) is 0 Å². The standard InChI is InChI=1S/C12H18N2O3S/c15-10-3-4-14-9(6-10)8-13-12(14)7-11-2-1-5-18(11,16)17/h8,10-11,15H,1-7H2. The highest BCUT2D eigenvalue weighted by Crippen LogP contribution is 2.25. The number of fused-ring (bicyclic) bond motifs is 1. The monoisotopic (exact) mass is 270 g/mol. The Balaban J connectivity index is 1.82. The van der Waals surface area contributed by atoms with Gasteiger partial charge < -0.3 is 9.67 Å². The molecule has 3 heterocycles. The first-order chi connectivity index (χ1) is 8.56. The molecule has 100 valence electrons. The van der Waals surface area contributed by atoms with E-state index in [4.69, 9.17) is 0 Å². The van der Waals surface area contributed by atoms with Crippen LogP contribution in [0, 0.1) is 0 Å². The van der Waals surface area contributed by atoms with Gasteiger partial charge in [-0.2, -0.15) is 0 Å². The van der Waals surface area contributed by atoms with Crippen molar-refractivity contribution in [3.63, 3.8) is 0 Å². The average molecular weight is 270 g/mol. The van der Waals surface area contributed by atoms with Gasteiger partial charge in [0, 0.05) is 31.3 Å². The number of aliphatic hydroxyl groups excluding tert-OH is 1. The third kappa shape index (κ3) is 2.07. The molecule has 2 atom stereocenters. The quantitative estimate of drug-likeness (QED) is 0.839. The lowest BCUT2D eigenvalue weighted by Gasteiger charge is -2.21. The van der Waals surface area contributed by atoms with E-state index in [1.54, 1.807) is 6.20 Å². The van der Waals surface area contributed by atoms with Crippen LogP contribution in [0.3, 0.4) is 0 Å². The van der Waals surface area contributed by atoms with Crippen LogP contribution in [0.5, 0.6) is 0 Å². The predicted molar refractivity (Wildman–Crippen MR) is 67.1 cm³/mol. The first-order valence-corrected chi connectivity index (χ1v) is 8.21. The molecule has 2 unspecified atom stereocenters. The van der Waals surface area contributed by atoms with Crippen molar-refractivity contribution < 1.29 is 13.5 Å². The molecule has 1 fully saturated rings. The average Bonchev–Trinajstić information content (AvgIpc) is 2.84. The Morgan fingerprint density at radius 1 is 1.44 bits per heavy atom. The van der Waals surface area contributed by atoms with Gasteiger partial charge in [0.2, 0.25) is 0 Å². The van der Waals surface area contributed by atoms with Crippen LogP contribution in [-0.2, 0) is 29.2 Å². The van der Waals surface area contributed by atoms with Gasteiger partial charge in [-0.3, -0.25) is 0 Å². The van der Waals surface area contributed by atoms with Crippen molar-refractivity contribution in [3.8, 4) is 0 Å². The van der Waals surface area contributed by atoms with Crippen LogP contribution in [0.1, 0.15) is 30.8 Å². The lowest BCUT2D eigenvalue weighted by molar-refractivity contribution is 0.143. The summed E-state index contributed by atoms with van der Waals surface area (Å²) in [6.45, 7) is 0.749. The maximum absolute atomic E-state index is 11.8. The number of sulfone groups is 1. The smallest absolute Gasteiger partial charge is 0.153 e. The molecule has 0 bridgehead atoms. The maximum atomic E-state index is 11.8. The minimum atomic E-state index is -2.90. The number of aliphatic hydroxyl groups is 1. The van der Waals surface area contributed by atoms with Crippen LogP contribution >= 0.6 is 0 Å². The Morgan fingerprint density at radius 3 is 3.00 bits per heavy atom. The Hall–Kier alpha value is -0.880. The molecule has 1 aromatic rings. The normalized spacial score (nSPS) is 30.3. The summed E-state index contributed by atoms with van der Waals surface area (Å²) in [4.78, 5) is 4.35. The highest BCUT2D eigenvalue weighted by molar-refractivity contribution is 7.92. The van der Waals surface area contributed by atoms with Crippen LogP contribution in [0.4, 0.5) is 0 Å². The van der Waals surface area contributed by atoms with Crippen molar-refractivity contribution in [2.45, 2.75) is 50.0 Å². The molecule has 18 heavy (non-hydrogen) atoms. The molecule has 0 saturated carbocycles. The molecule has 0 aromatic carbocycles. The molecule has 0 radical (unpaired) electrons. The number of imidazole rings is 1. The first-order valence-electron chi connectivity index (χ1n) is 6.49. The second-order valence-electron chi connectivity index (χ2n) is 5.30. The van der Waals surface area contributed by atoms with Gasteiger partial charge >= 0.3 is 0 Å². The van der Waals surface area contributed by atoms with E-state index in [9.17, 15) is 13.5 Å². The zero-order valence-electron chi connectivity index (χ0n) is 10.2. The molecule has 2 aliphatic rings. The van der Waals surface area contributed by atoms with Crippen molar-refractivity contribution in [2.75, 3.05) is 5.75 Å². The number of hydrogen-bond donors (Lipinski definition) is 1. The largest absolute Gasteiger partial charge is 0.393 e. The number of nitrogens with zero attached hydrogens (tertiary/aromatic N) is 2. The number of aromatic nitrogens is 2. The molecule has 1 aromatic heterocycles.